The maximum atomic E-state index is 12.9. The standard InChI is InChI=1S/C11H15FN2O2S/c12-9-4-5-11(10(13)8-9)17(15,16)14-6-2-1-3-7-14/h4-5,8H,1-3,6-7,13H2. The van der Waals surface area contributed by atoms with Gasteiger partial charge in [-0.3, -0.25) is 0 Å². The number of hydrogen-bond acceptors (Lipinski definition) is 3. The summed E-state index contributed by atoms with van der Waals surface area (Å²) in [5.41, 5.74) is 5.54. The molecule has 94 valence electrons. The molecule has 1 fully saturated rings. The van der Waals surface area contributed by atoms with Crippen molar-refractivity contribution in [1.82, 2.24) is 4.31 Å². The van der Waals surface area contributed by atoms with Crippen molar-refractivity contribution < 1.29 is 12.8 Å². The fourth-order valence-corrected chi connectivity index (χ4v) is 3.61. The largest absolute Gasteiger partial charge is 0.398 e. The number of nitrogens with two attached hydrogens (primary N) is 1. The smallest absolute Gasteiger partial charge is 0.245 e. The van der Waals surface area contributed by atoms with Crippen LogP contribution in [0, 0.1) is 5.82 Å². The topological polar surface area (TPSA) is 63.4 Å². The number of nitrogens with zero attached hydrogens (tertiary/aromatic N) is 1. The summed E-state index contributed by atoms with van der Waals surface area (Å²) >= 11 is 0. The fraction of sp³-hybridized carbons (Fsp3) is 0.455. The lowest BCUT2D eigenvalue weighted by Gasteiger charge is -2.26. The lowest BCUT2D eigenvalue weighted by molar-refractivity contribution is 0.347. The van der Waals surface area contributed by atoms with Crippen molar-refractivity contribution in [3.05, 3.63) is 24.0 Å². The molecule has 1 aromatic rings. The highest BCUT2D eigenvalue weighted by Crippen LogP contribution is 2.25. The number of benzene rings is 1. The van der Waals surface area contributed by atoms with Gasteiger partial charge in [0, 0.05) is 13.1 Å². The van der Waals surface area contributed by atoms with Crippen LogP contribution in [0.2, 0.25) is 0 Å². The Bertz CT molecular complexity index is 510. The molecule has 2 N–H and O–H groups in total. The number of rotatable bonds is 2. The van der Waals surface area contributed by atoms with E-state index in [2.05, 4.69) is 0 Å². The molecule has 0 atom stereocenters. The first-order valence-corrected chi connectivity index (χ1v) is 7.01. The molecule has 2 rings (SSSR count). The molecule has 4 nitrogen and oxygen atoms in total. The van der Waals surface area contributed by atoms with E-state index < -0.39 is 15.8 Å². The first-order valence-electron chi connectivity index (χ1n) is 5.57. The first-order chi connectivity index (χ1) is 8.01. The summed E-state index contributed by atoms with van der Waals surface area (Å²) < 4.78 is 38.8. The Hall–Kier alpha value is -1.14. The van der Waals surface area contributed by atoms with Crippen LogP contribution in [0.1, 0.15) is 19.3 Å². The van der Waals surface area contributed by atoms with Gasteiger partial charge in [0.2, 0.25) is 10.0 Å². The average molecular weight is 258 g/mol. The first kappa shape index (κ1) is 12.3. The zero-order chi connectivity index (χ0) is 12.5. The van der Waals surface area contributed by atoms with Crippen LogP contribution in [-0.4, -0.2) is 25.8 Å². The summed E-state index contributed by atoms with van der Waals surface area (Å²) in [5, 5.41) is 0. The molecule has 0 amide bonds. The Labute approximate surface area is 100 Å². The van der Waals surface area contributed by atoms with Crippen molar-refractivity contribution in [1.29, 1.82) is 0 Å². The van der Waals surface area contributed by atoms with Crippen LogP contribution >= 0.6 is 0 Å². The second-order valence-corrected chi connectivity index (χ2v) is 6.05. The van der Waals surface area contributed by atoms with Crippen LogP contribution in [0.25, 0.3) is 0 Å². The summed E-state index contributed by atoms with van der Waals surface area (Å²) in [4.78, 5) is 0.000741. The molecule has 0 radical (unpaired) electrons. The van der Waals surface area contributed by atoms with Gasteiger partial charge >= 0.3 is 0 Å². The van der Waals surface area contributed by atoms with Gasteiger partial charge in [0.1, 0.15) is 10.7 Å². The molecular formula is C11H15FN2O2S. The van der Waals surface area contributed by atoms with E-state index in [1.807, 2.05) is 0 Å². The van der Waals surface area contributed by atoms with E-state index in [0.717, 1.165) is 31.4 Å². The van der Waals surface area contributed by atoms with Gasteiger partial charge < -0.3 is 5.73 Å². The van der Waals surface area contributed by atoms with Crippen LogP contribution in [0.5, 0.6) is 0 Å². The lowest BCUT2D eigenvalue weighted by Crippen LogP contribution is -2.35. The van der Waals surface area contributed by atoms with E-state index >= 15 is 0 Å². The summed E-state index contributed by atoms with van der Waals surface area (Å²) in [7, 11) is -3.57. The number of piperidine rings is 1. The minimum Gasteiger partial charge on any atom is -0.398 e. The Morgan fingerprint density at radius 2 is 1.82 bits per heavy atom. The normalized spacial score (nSPS) is 18.2. The third kappa shape index (κ3) is 2.42. The van der Waals surface area contributed by atoms with Gasteiger partial charge in [-0.1, -0.05) is 6.42 Å². The van der Waals surface area contributed by atoms with Crippen LogP contribution in [-0.2, 0) is 10.0 Å². The van der Waals surface area contributed by atoms with Crippen LogP contribution < -0.4 is 5.73 Å². The summed E-state index contributed by atoms with van der Waals surface area (Å²) in [6.45, 7) is 1.03. The molecule has 1 aliphatic rings. The molecule has 0 aliphatic carbocycles. The van der Waals surface area contributed by atoms with Gasteiger partial charge in [0.25, 0.3) is 0 Å². The molecule has 1 heterocycles. The van der Waals surface area contributed by atoms with Gasteiger partial charge in [-0.2, -0.15) is 4.31 Å². The predicted octanol–water partition coefficient (Wildman–Crippen LogP) is 1.58. The second-order valence-electron chi connectivity index (χ2n) is 4.15. The van der Waals surface area contributed by atoms with Crippen LogP contribution in [0.15, 0.2) is 23.1 Å². The molecule has 0 unspecified atom stereocenters. The number of sulfonamides is 1. The van der Waals surface area contributed by atoms with Crippen molar-refractivity contribution >= 4 is 15.7 Å². The molecule has 1 saturated heterocycles. The zero-order valence-corrected chi connectivity index (χ0v) is 10.2. The molecule has 0 aromatic heterocycles. The molecular weight excluding hydrogens is 243 g/mol. The van der Waals surface area contributed by atoms with Crippen molar-refractivity contribution in [2.45, 2.75) is 24.2 Å². The quantitative estimate of drug-likeness (QED) is 0.819. The molecule has 0 saturated carbocycles. The molecule has 6 heteroatoms. The lowest BCUT2D eigenvalue weighted by atomic mass is 10.2. The number of hydrogen-bond donors (Lipinski definition) is 1. The molecule has 17 heavy (non-hydrogen) atoms. The number of anilines is 1. The van der Waals surface area contributed by atoms with E-state index in [4.69, 9.17) is 5.73 Å². The SMILES string of the molecule is Nc1cc(F)ccc1S(=O)(=O)N1CCCCC1. The number of halogens is 1. The van der Waals surface area contributed by atoms with E-state index in [1.54, 1.807) is 0 Å². The van der Waals surface area contributed by atoms with Crippen molar-refractivity contribution in [2.75, 3.05) is 18.8 Å². The van der Waals surface area contributed by atoms with Crippen molar-refractivity contribution in [3.63, 3.8) is 0 Å². The minimum atomic E-state index is -3.57. The van der Waals surface area contributed by atoms with Gasteiger partial charge in [0.05, 0.1) is 5.69 Å². The van der Waals surface area contributed by atoms with Crippen molar-refractivity contribution in [2.24, 2.45) is 0 Å². The van der Waals surface area contributed by atoms with E-state index in [0.29, 0.717) is 13.1 Å². The van der Waals surface area contributed by atoms with Crippen molar-refractivity contribution in [3.8, 4) is 0 Å². The molecule has 0 spiro atoms. The third-order valence-electron chi connectivity index (χ3n) is 2.90. The van der Waals surface area contributed by atoms with Gasteiger partial charge in [0.15, 0.2) is 0 Å². The monoisotopic (exact) mass is 258 g/mol. The van der Waals surface area contributed by atoms with Gasteiger partial charge in [-0.05, 0) is 31.0 Å². The highest BCUT2D eigenvalue weighted by atomic mass is 32.2. The maximum Gasteiger partial charge on any atom is 0.245 e. The summed E-state index contributed by atoms with van der Waals surface area (Å²) in [5.74, 6) is -0.528. The van der Waals surface area contributed by atoms with E-state index in [-0.39, 0.29) is 10.6 Å². The molecule has 0 bridgehead atoms. The molecule has 1 aromatic carbocycles. The van der Waals surface area contributed by atoms with Crippen LogP contribution in [0.4, 0.5) is 10.1 Å². The Morgan fingerprint density at radius 1 is 1.18 bits per heavy atom. The molecule has 1 aliphatic heterocycles. The third-order valence-corrected chi connectivity index (χ3v) is 4.88. The average Bonchev–Trinajstić information content (AvgIpc) is 2.29. The van der Waals surface area contributed by atoms with E-state index in [1.165, 1.54) is 10.4 Å². The summed E-state index contributed by atoms with van der Waals surface area (Å²) in [6, 6.07) is 3.39. The van der Waals surface area contributed by atoms with Gasteiger partial charge in [-0.15, -0.1) is 0 Å². The maximum absolute atomic E-state index is 12.9. The number of nitrogen functional groups attached to an aromatic ring is 1. The summed E-state index contributed by atoms with van der Waals surface area (Å²) in [6.07, 6.45) is 2.77. The predicted molar refractivity (Wildman–Crippen MR) is 63.4 cm³/mol. The fourth-order valence-electron chi connectivity index (χ4n) is 2.00. The highest BCUT2D eigenvalue weighted by molar-refractivity contribution is 7.89. The Balaban J connectivity index is 2.37. The highest BCUT2D eigenvalue weighted by Gasteiger charge is 2.27. The Kier molecular flexibility index (Phi) is 3.35. The Morgan fingerprint density at radius 3 is 2.41 bits per heavy atom. The minimum absolute atomic E-state index is 0.000741. The zero-order valence-electron chi connectivity index (χ0n) is 9.39. The second kappa shape index (κ2) is 4.62. The van der Waals surface area contributed by atoms with Gasteiger partial charge in [-0.25, -0.2) is 12.8 Å². The van der Waals surface area contributed by atoms with E-state index in [9.17, 15) is 12.8 Å². The van der Waals surface area contributed by atoms with Crippen LogP contribution in [0.3, 0.4) is 0 Å².